The van der Waals surface area contributed by atoms with Crippen LogP contribution in [0.15, 0.2) is 24.4 Å². The monoisotopic (exact) mass is 546 g/mol. The number of Topliss-reactive ketones (excluding diaryl/α,β-unsaturated/α-hetero) is 1. The van der Waals surface area contributed by atoms with Gasteiger partial charge in [0.1, 0.15) is 11.6 Å². The van der Waals surface area contributed by atoms with Crippen molar-refractivity contribution in [1.82, 2.24) is 20.2 Å². The molecule has 1 aliphatic rings. The van der Waals surface area contributed by atoms with Crippen molar-refractivity contribution in [1.29, 1.82) is 0 Å². The lowest BCUT2D eigenvalue weighted by Gasteiger charge is -2.29. The van der Waals surface area contributed by atoms with E-state index in [2.05, 4.69) is 20.2 Å². The van der Waals surface area contributed by atoms with Crippen molar-refractivity contribution in [2.45, 2.75) is 70.3 Å². The third-order valence-corrected chi connectivity index (χ3v) is 6.75. The predicted octanol–water partition coefficient (Wildman–Crippen LogP) is 6.15. The van der Waals surface area contributed by atoms with E-state index in [1.807, 2.05) is 7.05 Å². The van der Waals surface area contributed by atoms with Gasteiger partial charge in [-0.25, -0.2) is 4.98 Å². The van der Waals surface area contributed by atoms with E-state index in [9.17, 15) is 35.9 Å². The minimum Gasteiger partial charge on any atom is -0.346 e. The lowest BCUT2D eigenvalue weighted by atomic mass is 9.95. The third kappa shape index (κ3) is 8.31. The van der Waals surface area contributed by atoms with E-state index in [-0.39, 0.29) is 40.8 Å². The van der Waals surface area contributed by atoms with Crippen LogP contribution in [0.1, 0.15) is 74.9 Å². The third-order valence-electron chi connectivity index (χ3n) is 6.75. The number of aromatic amines is 1. The minimum absolute atomic E-state index is 0.0216. The van der Waals surface area contributed by atoms with Gasteiger partial charge in [0.2, 0.25) is 5.91 Å². The zero-order valence-corrected chi connectivity index (χ0v) is 21.3. The number of nitrogens with one attached hydrogen (secondary N) is 2. The second-order valence-electron chi connectivity index (χ2n) is 9.92. The summed E-state index contributed by atoms with van der Waals surface area (Å²) in [5.41, 5.74) is -3.17. The molecule has 0 bridgehead atoms. The summed E-state index contributed by atoms with van der Waals surface area (Å²) in [5, 5.41) is 2.98. The Balaban J connectivity index is 1.84. The van der Waals surface area contributed by atoms with Crippen LogP contribution in [0, 0.1) is 5.92 Å². The second kappa shape index (κ2) is 12.3. The molecule has 2 N–H and O–H groups in total. The number of unbranched alkanes of at least 4 members (excludes halogenated alkanes) is 2. The summed E-state index contributed by atoms with van der Waals surface area (Å²) in [5.74, 6) is -0.0345. The standard InChI is InChI=1S/C26H32F6N4O2/c1-16(37)6-4-3-5-7-21(35-24(38)17-8-10-36(2)11-9-17)23-33-15-22(34-23)18-12-19(25(27,28)29)14-20(13-18)26(30,31)32/h12-15,17,21H,3-11H2,1-2H3,(H,33,34)(H,35,38)/t21-/m0/s1. The van der Waals surface area contributed by atoms with Crippen molar-refractivity contribution in [3.05, 3.63) is 41.3 Å². The first kappa shape index (κ1) is 29.7. The number of carbonyl (C=O) groups excluding carboxylic acids is 2. The molecule has 38 heavy (non-hydrogen) atoms. The number of nitrogens with zero attached hydrogens (tertiary/aromatic N) is 2. The molecule has 0 spiro atoms. The fourth-order valence-corrected chi connectivity index (χ4v) is 4.51. The molecule has 1 aromatic heterocycles. The van der Waals surface area contributed by atoms with Crippen LogP contribution < -0.4 is 5.32 Å². The Morgan fingerprint density at radius 1 is 1.03 bits per heavy atom. The Hall–Kier alpha value is -2.89. The summed E-state index contributed by atoms with van der Waals surface area (Å²) >= 11 is 0. The number of rotatable bonds is 10. The Kier molecular flexibility index (Phi) is 9.61. The van der Waals surface area contributed by atoms with Gasteiger partial charge in [0, 0.05) is 17.9 Å². The smallest absolute Gasteiger partial charge is 0.346 e. The number of hydrogen-bond acceptors (Lipinski definition) is 4. The molecule has 1 atom stereocenters. The van der Waals surface area contributed by atoms with Crippen molar-refractivity contribution in [3.8, 4) is 11.3 Å². The zero-order valence-electron chi connectivity index (χ0n) is 21.3. The first-order valence-electron chi connectivity index (χ1n) is 12.6. The number of amides is 1. The van der Waals surface area contributed by atoms with Gasteiger partial charge in [0.05, 0.1) is 29.1 Å². The van der Waals surface area contributed by atoms with E-state index < -0.39 is 29.5 Å². The maximum atomic E-state index is 13.3. The molecule has 6 nitrogen and oxygen atoms in total. The average molecular weight is 547 g/mol. The first-order chi connectivity index (χ1) is 17.7. The summed E-state index contributed by atoms with van der Waals surface area (Å²) in [6.45, 7) is 3.05. The van der Waals surface area contributed by atoms with Crippen LogP contribution in [-0.2, 0) is 21.9 Å². The van der Waals surface area contributed by atoms with E-state index in [1.165, 1.54) is 13.1 Å². The van der Waals surface area contributed by atoms with Gasteiger partial charge in [-0.15, -0.1) is 0 Å². The molecule has 0 radical (unpaired) electrons. The topological polar surface area (TPSA) is 78.1 Å². The van der Waals surface area contributed by atoms with E-state index in [0.717, 1.165) is 19.5 Å². The molecule has 0 unspecified atom stereocenters. The SMILES string of the molecule is CC(=O)CCCCC[C@H](NC(=O)C1CCN(C)CC1)c1ncc(-c2cc(C(F)(F)F)cc(C(F)(F)F)c2)[nH]1. The minimum atomic E-state index is -4.97. The first-order valence-corrected chi connectivity index (χ1v) is 12.6. The quantitative estimate of drug-likeness (QED) is 0.277. The number of ketones is 1. The number of alkyl halides is 6. The predicted molar refractivity (Wildman–Crippen MR) is 129 cm³/mol. The second-order valence-corrected chi connectivity index (χ2v) is 9.92. The number of benzene rings is 1. The Morgan fingerprint density at radius 2 is 1.63 bits per heavy atom. The summed E-state index contributed by atoms with van der Waals surface area (Å²) < 4.78 is 79.9. The number of aromatic nitrogens is 2. The molecule has 1 amide bonds. The molecule has 1 aliphatic heterocycles. The lowest BCUT2D eigenvalue weighted by Crippen LogP contribution is -2.40. The number of likely N-dealkylation sites (tertiary alicyclic amines) is 1. The molecule has 0 saturated carbocycles. The molecule has 2 heterocycles. The molecule has 0 aliphatic carbocycles. The number of halogens is 6. The largest absolute Gasteiger partial charge is 0.416 e. The van der Waals surface area contributed by atoms with Gasteiger partial charge in [-0.1, -0.05) is 12.8 Å². The lowest BCUT2D eigenvalue weighted by molar-refractivity contribution is -0.143. The van der Waals surface area contributed by atoms with Crippen LogP contribution in [0.25, 0.3) is 11.3 Å². The van der Waals surface area contributed by atoms with Crippen molar-refractivity contribution in [2.24, 2.45) is 5.92 Å². The molecule has 12 heteroatoms. The van der Waals surface area contributed by atoms with Crippen molar-refractivity contribution < 1.29 is 35.9 Å². The van der Waals surface area contributed by atoms with Crippen LogP contribution in [-0.4, -0.2) is 46.7 Å². The van der Waals surface area contributed by atoms with Crippen LogP contribution in [0.2, 0.25) is 0 Å². The Bertz CT molecular complexity index is 1070. The molecule has 2 aromatic rings. The molecular weight excluding hydrogens is 514 g/mol. The highest BCUT2D eigenvalue weighted by atomic mass is 19.4. The normalized spacial score (nSPS) is 16.4. The zero-order chi connectivity index (χ0) is 28.1. The fourth-order valence-electron chi connectivity index (χ4n) is 4.51. The van der Waals surface area contributed by atoms with Crippen LogP contribution in [0.5, 0.6) is 0 Å². The number of imidazole rings is 1. The van der Waals surface area contributed by atoms with Gasteiger partial charge < -0.3 is 20.0 Å². The van der Waals surface area contributed by atoms with Crippen LogP contribution in [0.3, 0.4) is 0 Å². The highest BCUT2D eigenvalue weighted by molar-refractivity contribution is 5.79. The van der Waals surface area contributed by atoms with Gasteiger partial charge in [-0.2, -0.15) is 26.3 Å². The molecule has 3 rings (SSSR count). The molecule has 1 aromatic carbocycles. The van der Waals surface area contributed by atoms with E-state index in [0.29, 0.717) is 50.7 Å². The summed E-state index contributed by atoms with van der Waals surface area (Å²) in [6.07, 6.45) is -4.47. The van der Waals surface area contributed by atoms with Gasteiger partial charge >= 0.3 is 12.4 Å². The Morgan fingerprint density at radius 3 is 2.18 bits per heavy atom. The number of H-pyrrole nitrogens is 1. The number of piperidine rings is 1. The van der Waals surface area contributed by atoms with Gasteiger partial charge in [-0.3, -0.25) is 4.79 Å². The molecule has 1 saturated heterocycles. The van der Waals surface area contributed by atoms with Gasteiger partial charge in [-0.05, 0) is 70.9 Å². The maximum Gasteiger partial charge on any atom is 0.416 e. The van der Waals surface area contributed by atoms with Crippen LogP contribution in [0.4, 0.5) is 26.3 Å². The maximum absolute atomic E-state index is 13.3. The van der Waals surface area contributed by atoms with Crippen molar-refractivity contribution in [2.75, 3.05) is 20.1 Å². The van der Waals surface area contributed by atoms with Crippen molar-refractivity contribution in [3.63, 3.8) is 0 Å². The van der Waals surface area contributed by atoms with E-state index in [4.69, 9.17) is 0 Å². The van der Waals surface area contributed by atoms with Crippen LogP contribution >= 0.6 is 0 Å². The summed E-state index contributed by atoms with van der Waals surface area (Å²) in [4.78, 5) is 33.4. The van der Waals surface area contributed by atoms with Crippen molar-refractivity contribution >= 4 is 11.7 Å². The number of carbonyl (C=O) groups is 2. The Labute approximate surface area is 217 Å². The van der Waals surface area contributed by atoms with E-state index in [1.54, 1.807) is 0 Å². The van der Waals surface area contributed by atoms with Gasteiger partial charge in [0.25, 0.3) is 0 Å². The van der Waals surface area contributed by atoms with Gasteiger partial charge in [0.15, 0.2) is 0 Å². The summed E-state index contributed by atoms with van der Waals surface area (Å²) in [7, 11) is 1.97. The highest BCUT2D eigenvalue weighted by Crippen LogP contribution is 2.38. The fraction of sp³-hybridized carbons (Fsp3) is 0.577. The molecule has 1 fully saturated rings. The average Bonchev–Trinajstić information content (AvgIpc) is 3.32. The summed E-state index contributed by atoms with van der Waals surface area (Å²) in [6, 6.07) is 0.744. The molecular formula is C26H32F6N4O2. The highest BCUT2D eigenvalue weighted by Gasteiger charge is 2.37. The number of hydrogen-bond donors (Lipinski definition) is 2. The van der Waals surface area contributed by atoms with E-state index >= 15 is 0 Å². The molecule has 210 valence electrons.